The summed E-state index contributed by atoms with van der Waals surface area (Å²) in [6, 6.07) is 6.86. The molecule has 1 saturated carbocycles. The van der Waals surface area contributed by atoms with E-state index in [1.54, 1.807) is 6.07 Å². The second kappa shape index (κ2) is 5.26. The summed E-state index contributed by atoms with van der Waals surface area (Å²) in [5.74, 6) is 3.77. The molecule has 2 aromatic rings. The standard InChI is InChI=1S/C21H27NO2/c1-3-13-7-12-8-18-20(13)22(11-12)14(4-2)9-17-16-10-15(23)5-6-19(16)24-21(17)18/h5-6,10,12-14,18,20,23H,3-4,7-9,11H2,1-2H3/t12?,13?,14-,18?,20?/m1/s1. The molecule has 24 heavy (non-hydrogen) atoms. The minimum absolute atomic E-state index is 0.347. The van der Waals surface area contributed by atoms with Gasteiger partial charge in [-0.25, -0.2) is 0 Å². The molecule has 5 unspecified atom stereocenters. The average molecular weight is 325 g/mol. The summed E-state index contributed by atoms with van der Waals surface area (Å²) < 4.78 is 6.41. The quantitative estimate of drug-likeness (QED) is 0.871. The van der Waals surface area contributed by atoms with E-state index in [0.717, 1.165) is 29.2 Å². The summed E-state index contributed by atoms with van der Waals surface area (Å²) in [7, 11) is 0. The third kappa shape index (κ3) is 1.94. The predicted molar refractivity (Wildman–Crippen MR) is 95.4 cm³/mol. The maximum absolute atomic E-state index is 9.96. The molecule has 0 amide bonds. The molecular weight excluding hydrogens is 298 g/mol. The fraction of sp³-hybridized carbons (Fsp3) is 0.619. The number of phenolic OH excluding ortho intramolecular Hbond substituents is 1. The van der Waals surface area contributed by atoms with E-state index >= 15 is 0 Å². The highest BCUT2D eigenvalue weighted by atomic mass is 16.3. The van der Waals surface area contributed by atoms with Crippen LogP contribution in [0.25, 0.3) is 11.0 Å². The van der Waals surface area contributed by atoms with Gasteiger partial charge in [0.25, 0.3) is 0 Å². The van der Waals surface area contributed by atoms with Crippen LogP contribution >= 0.6 is 0 Å². The van der Waals surface area contributed by atoms with E-state index in [9.17, 15) is 5.11 Å². The molecule has 4 aliphatic rings. The third-order valence-electron chi connectivity index (χ3n) is 7.02. The molecule has 2 saturated heterocycles. The van der Waals surface area contributed by atoms with Gasteiger partial charge in [0.05, 0.1) is 0 Å². The molecule has 1 aliphatic carbocycles. The predicted octanol–water partition coefficient (Wildman–Crippen LogP) is 4.68. The van der Waals surface area contributed by atoms with Crippen LogP contribution in [0.15, 0.2) is 22.6 Å². The number of phenols is 1. The fourth-order valence-corrected chi connectivity index (χ4v) is 6.02. The van der Waals surface area contributed by atoms with Crippen molar-refractivity contribution in [3.05, 3.63) is 29.5 Å². The van der Waals surface area contributed by atoms with Crippen LogP contribution in [0.1, 0.15) is 56.8 Å². The molecule has 0 spiro atoms. The summed E-state index contributed by atoms with van der Waals surface area (Å²) in [5.41, 5.74) is 2.33. The monoisotopic (exact) mass is 325 g/mol. The lowest BCUT2D eigenvalue weighted by molar-refractivity contribution is -0.0432. The number of hydrogen-bond acceptors (Lipinski definition) is 3. The first-order valence-corrected chi connectivity index (χ1v) is 9.69. The third-order valence-corrected chi connectivity index (χ3v) is 7.02. The second-order valence-corrected chi connectivity index (χ2v) is 8.19. The van der Waals surface area contributed by atoms with Crippen LogP contribution in [0, 0.1) is 11.8 Å². The summed E-state index contributed by atoms with van der Waals surface area (Å²) >= 11 is 0. The van der Waals surface area contributed by atoms with E-state index in [1.807, 2.05) is 12.1 Å². The minimum Gasteiger partial charge on any atom is -0.508 e. The van der Waals surface area contributed by atoms with Crippen LogP contribution in [0.2, 0.25) is 0 Å². The van der Waals surface area contributed by atoms with Crippen molar-refractivity contribution in [3.63, 3.8) is 0 Å². The molecule has 128 valence electrons. The van der Waals surface area contributed by atoms with Crippen molar-refractivity contribution in [1.29, 1.82) is 0 Å². The molecule has 6 rings (SSSR count). The van der Waals surface area contributed by atoms with Crippen LogP contribution in [0.3, 0.4) is 0 Å². The summed E-state index contributed by atoms with van der Waals surface area (Å²) in [6.45, 7) is 5.97. The highest BCUT2D eigenvalue weighted by Crippen LogP contribution is 2.53. The fourth-order valence-electron chi connectivity index (χ4n) is 6.02. The van der Waals surface area contributed by atoms with Crippen molar-refractivity contribution >= 4 is 11.0 Å². The number of fused-ring (bicyclic) bond motifs is 4. The van der Waals surface area contributed by atoms with Crippen LogP contribution in [-0.4, -0.2) is 28.6 Å². The maximum Gasteiger partial charge on any atom is 0.134 e. The Morgan fingerprint density at radius 2 is 2.08 bits per heavy atom. The maximum atomic E-state index is 9.96. The molecule has 1 aromatic carbocycles. The molecule has 6 atom stereocenters. The van der Waals surface area contributed by atoms with Crippen LogP contribution < -0.4 is 0 Å². The van der Waals surface area contributed by atoms with Gasteiger partial charge >= 0.3 is 0 Å². The van der Waals surface area contributed by atoms with Gasteiger partial charge in [0.1, 0.15) is 17.1 Å². The number of aromatic hydroxyl groups is 1. The molecule has 3 aliphatic heterocycles. The molecule has 1 N–H and O–H groups in total. The molecule has 1 aromatic heterocycles. The molecule has 4 bridgehead atoms. The van der Waals surface area contributed by atoms with Crippen molar-refractivity contribution in [3.8, 4) is 5.75 Å². The normalized spacial score (nSPS) is 37.4. The SMILES string of the molecule is CCC1CC2CC3c4oc5ccc(O)cc5c4C[C@@H](CC)N(C2)C13. The number of nitrogens with zero attached hydrogens (tertiary/aromatic N) is 1. The zero-order valence-electron chi connectivity index (χ0n) is 14.7. The van der Waals surface area contributed by atoms with Gasteiger partial charge in [-0.3, -0.25) is 4.90 Å². The number of rotatable bonds is 2. The molecule has 3 fully saturated rings. The Kier molecular flexibility index (Phi) is 3.25. The van der Waals surface area contributed by atoms with E-state index in [2.05, 4.69) is 18.7 Å². The van der Waals surface area contributed by atoms with Crippen LogP contribution in [-0.2, 0) is 6.42 Å². The average Bonchev–Trinajstić information content (AvgIpc) is 2.92. The van der Waals surface area contributed by atoms with Gasteiger partial charge in [-0.2, -0.15) is 0 Å². The van der Waals surface area contributed by atoms with Gasteiger partial charge in [0, 0.05) is 35.5 Å². The first-order valence-electron chi connectivity index (χ1n) is 9.69. The van der Waals surface area contributed by atoms with Gasteiger partial charge in [0.2, 0.25) is 0 Å². The van der Waals surface area contributed by atoms with Gasteiger partial charge < -0.3 is 9.52 Å². The number of hydrogen-bond donors (Lipinski definition) is 1. The summed E-state index contributed by atoms with van der Waals surface area (Å²) in [4.78, 5) is 2.83. The van der Waals surface area contributed by atoms with Gasteiger partial charge in [-0.1, -0.05) is 20.3 Å². The highest BCUT2D eigenvalue weighted by Gasteiger charge is 2.51. The van der Waals surface area contributed by atoms with Crippen molar-refractivity contribution in [2.45, 2.75) is 64.0 Å². The van der Waals surface area contributed by atoms with Crippen molar-refractivity contribution < 1.29 is 9.52 Å². The molecule has 0 radical (unpaired) electrons. The van der Waals surface area contributed by atoms with Gasteiger partial charge in [0.15, 0.2) is 0 Å². The van der Waals surface area contributed by atoms with E-state index in [0.29, 0.717) is 23.8 Å². The van der Waals surface area contributed by atoms with Crippen molar-refractivity contribution in [2.24, 2.45) is 11.8 Å². The van der Waals surface area contributed by atoms with Crippen LogP contribution in [0.5, 0.6) is 5.75 Å². The summed E-state index contributed by atoms with van der Waals surface area (Å²) in [6.07, 6.45) is 6.23. The lowest BCUT2D eigenvalue weighted by Gasteiger charge is -2.55. The topological polar surface area (TPSA) is 36.6 Å². The zero-order valence-corrected chi connectivity index (χ0v) is 14.7. The first-order chi connectivity index (χ1) is 11.7. The molecule has 3 nitrogen and oxygen atoms in total. The Bertz CT molecular complexity index is 779. The Hall–Kier alpha value is -1.48. The lowest BCUT2D eigenvalue weighted by atomic mass is 9.65. The summed E-state index contributed by atoms with van der Waals surface area (Å²) in [5, 5.41) is 11.1. The smallest absolute Gasteiger partial charge is 0.134 e. The van der Waals surface area contributed by atoms with Gasteiger partial charge in [-0.15, -0.1) is 0 Å². The molecule has 4 heterocycles. The Balaban J connectivity index is 1.71. The van der Waals surface area contributed by atoms with Crippen LogP contribution in [0.4, 0.5) is 0 Å². The largest absolute Gasteiger partial charge is 0.508 e. The van der Waals surface area contributed by atoms with Crippen molar-refractivity contribution in [1.82, 2.24) is 4.90 Å². The van der Waals surface area contributed by atoms with E-state index in [1.165, 1.54) is 43.6 Å². The molecular formula is C21H27NO2. The van der Waals surface area contributed by atoms with E-state index in [4.69, 9.17) is 4.42 Å². The number of piperidine rings is 2. The number of benzene rings is 1. The Labute approximate surface area is 143 Å². The second-order valence-electron chi connectivity index (χ2n) is 8.19. The Morgan fingerprint density at radius 3 is 2.88 bits per heavy atom. The zero-order chi connectivity index (χ0) is 16.4. The van der Waals surface area contributed by atoms with E-state index < -0.39 is 0 Å². The number of furan rings is 1. The van der Waals surface area contributed by atoms with Crippen molar-refractivity contribution in [2.75, 3.05) is 6.54 Å². The Morgan fingerprint density at radius 1 is 1.21 bits per heavy atom. The molecule has 3 heteroatoms. The highest BCUT2D eigenvalue weighted by molar-refractivity contribution is 5.84. The first kappa shape index (κ1) is 14.8. The minimum atomic E-state index is 0.347. The van der Waals surface area contributed by atoms with E-state index in [-0.39, 0.29) is 0 Å². The van der Waals surface area contributed by atoms with Gasteiger partial charge in [-0.05, 0) is 55.7 Å². The lowest BCUT2D eigenvalue weighted by Crippen LogP contribution is -2.59.